The lowest BCUT2D eigenvalue weighted by atomic mass is 9.92. The van der Waals surface area contributed by atoms with Crippen LogP contribution in [0, 0.1) is 5.92 Å². The summed E-state index contributed by atoms with van der Waals surface area (Å²) in [6.07, 6.45) is 3.80. The molecule has 0 aromatic heterocycles. The van der Waals surface area contributed by atoms with Crippen LogP contribution in [0.2, 0.25) is 0 Å². The van der Waals surface area contributed by atoms with Crippen molar-refractivity contribution < 1.29 is 4.79 Å². The average Bonchev–Trinajstić information content (AvgIpc) is 2.47. The molecule has 1 unspecified atom stereocenters. The number of carbonyl (C=O) groups excluding carboxylic acids is 1. The Balaban J connectivity index is 0.00000220. The second kappa shape index (κ2) is 9.06. The Morgan fingerprint density at radius 3 is 2.71 bits per heavy atom. The maximum absolute atomic E-state index is 12.4. The van der Waals surface area contributed by atoms with Gasteiger partial charge in [0.1, 0.15) is 0 Å². The third-order valence-electron chi connectivity index (χ3n) is 4.16. The van der Waals surface area contributed by atoms with Gasteiger partial charge in [-0.3, -0.25) is 4.79 Å². The second-order valence-corrected chi connectivity index (χ2v) is 5.88. The molecular weight excluding hydrogens is 284 g/mol. The first-order valence-electron chi connectivity index (χ1n) is 7.76. The van der Waals surface area contributed by atoms with E-state index in [1.54, 1.807) is 0 Å². The van der Waals surface area contributed by atoms with Crippen molar-refractivity contribution in [2.45, 2.75) is 51.6 Å². The molecule has 0 bridgehead atoms. The first-order valence-corrected chi connectivity index (χ1v) is 7.76. The lowest BCUT2D eigenvalue weighted by Gasteiger charge is -2.28. The fourth-order valence-corrected chi connectivity index (χ4v) is 2.89. The van der Waals surface area contributed by atoms with Crippen LogP contribution in [0.15, 0.2) is 30.3 Å². The maximum atomic E-state index is 12.4. The highest BCUT2D eigenvalue weighted by atomic mass is 35.5. The Kier molecular flexibility index (Phi) is 7.76. The molecule has 1 amide bonds. The number of rotatable bonds is 5. The number of hydrogen-bond donors (Lipinski definition) is 2. The molecule has 3 nitrogen and oxygen atoms in total. The minimum absolute atomic E-state index is 0. The number of nitrogens with one attached hydrogen (secondary N) is 2. The van der Waals surface area contributed by atoms with Crippen molar-refractivity contribution in [2.24, 2.45) is 5.92 Å². The van der Waals surface area contributed by atoms with E-state index in [0.717, 1.165) is 32.2 Å². The van der Waals surface area contributed by atoms with Gasteiger partial charge in [0.25, 0.3) is 0 Å². The number of benzene rings is 1. The highest BCUT2D eigenvalue weighted by molar-refractivity contribution is 5.85. The molecule has 1 aliphatic rings. The molecule has 2 N–H and O–H groups in total. The topological polar surface area (TPSA) is 41.1 Å². The van der Waals surface area contributed by atoms with Crippen LogP contribution in [-0.4, -0.2) is 24.5 Å². The van der Waals surface area contributed by atoms with Crippen LogP contribution >= 0.6 is 12.4 Å². The third-order valence-corrected chi connectivity index (χ3v) is 4.16. The van der Waals surface area contributed by atoms with Crippen LogP contribution in [-0.2, 0) is 11.2 Å². The molecule has 118 valence electrons. The van der Waals surface area contributed by atoms with E-state index >= 15 is 0 Å². The second-order valence-electron chi connectivity index (χ2n) is 5.88. The lowest BCUT2D eigenvalue weighted by Crippen LogP contribution is -2.45. The fourth-order valence-electron chi connectivity index (χ4n) is 2.89. The van der Waals surface area contributed by atoms with Crippen LogP contribution in [0.3, 0.4) is 0 Å². The van der Waals surface area contributed by atoms with E-state index in [-0.39, 0.29) is 30.3 Å². The molecule has 0 radical (unpaired) electrons. The number of amides is 1. The number of halogens is 1. The zero-order valence-corrected chi connectivity index (χ0v) is 13.8. The van der Waals surface area contributed by atoms with E-state index in [2.05, 4.69) is 48.7 Å². The molecule has 4 heteroatoms. The first kappa shape index (κ1) is 18.0. The van der Waals surface area contributed by atoms with E-state index in [4.69, 9.17) is 0 Å². The van der Waals surface area contributed by atoms with Gasteiger partial charge in [0.15, 0.2) is 0 Å². The third kappa shape index (κ3) is 5.68. The Hall–Kier alpha value is -1.06. The van der Waals surface area contributed by atoms with Gasteiger partial charge in [0, 0.05) is 18.0 Å². The highest BCUT2D eigenvalue weighted by Crippen LogP contribution is 2.17. The molecule has 0 spiro atoms. The van der Waals surface area contributed by atoms with E-state index in [0.29, 0.717) is 6.04 Å². The van der Waals surface area contributed by atoms with E-state index < -0.39 is 0 Å². The summed E-state index contributed by atoms with van der Waals surface area (Å²) >= 11 is 0. The van der Waals surface area contributed by atoms with Crippen molar-refractivity contribution in [2.75, 3.05) is 6.54 Å². The van der Waals surface area contributed by atoms with Gasteiger partial charge in [0.05, 0.1) is 0 Å². The number of piperidine rings is 1. The summed E-state index contributed by atoms with van der Waals surface area (Å²) in [6.45, 7) is 5.24. The molecule has 1 aromatic rings. The predicted molar refractivity (Wildman–Crippen MR) is 89.8 cm³/mol. The van der Waals surface area contributed by atoms with Gasteiger partial charge in [-0.25, -0.2) is 0 Å². The summed E-state index contributed by atoms with van der Waals surface area (Å²) in [5.74, 6) is 0.414. The average molecular weight is 311 g/mol. The van der Waals surface area contributed by atoms with Crippen LogP contribution in [0.25, 0.3) is 0 Å². The van der Waals surface area contributed by atoms with Crippen LogP contribution in [0.4, 0.5) is 0 Å². The van der Waals surface area contributed by atoms with Crippen molar-refractivity contribution >= 4 is 18.3 Å². The number of hydrogen-bond acceptors (Lipinski definition) is 2. The van der Waals surface area contributed by atoms with E-state index in [9.17, 15) is 4.79 Å². The normalized spacial score (nSPS) is 23.0. The summed E-state index contributed by atoms with van der Waals surface area (Å²) in [5.41, 5.74) is 1.29. The van der Waals surface area contributed by atoms with Crippen molar-refractivity contribution in [3.8, 4) is 0 Å². The van der Waals surface area contributed by atoms with Crippen molar-refractivity contribution in [1.82, 2.24) is 10.6 Å². The largest absolute Gasteiger partial charge is 0.353 e. The SMILES string of the molecule is CCC(Cc1ccccc1)NC(=O)[C@H]1CCN[C@@H](C)C1.Cl. The zero-order valence-electron chi connectivity index (χ0n) is 13.0. The van der Waals surface area contributed by atoms with Crippen molar-refractivity contribution in [3.05, 3.63) is 35.9 Å². The van der Waals surface area contributed by atoms with Gasteiger partial charge in [-0.05, 0) is 44.7 Å². The van der Waals surface area contributed by atoms with Crippen molar-refractivity contribution in [1.29, 1.82) is 0 Å². The molecule has 1 saturated heterocycles. The monoisotopic (exact) mass is 310 g/mol. The van der Waals surface area contributed by atoms with E-state index in [1.807, 2.05) is 6.07 Å². The Labute approximate surface area is 134 Å². The summed E-state index contributed by atoms with van der Waals surface area (Å²) < 4.78 is 0. The lowest BCUT2D eigenvalue weighted by molar-refractivity contribution is -0.126. The standard InChI is InChI=1S/C17H26N2O.ClH/c1-3-16(12-14-7-5-4-6-8-14)19-17(20)15-9-10-18-13(2)11-15;/h4-8,13,15-16,18H,3,9-12H2,1-2H3,(H,19,20);1H/t13-,15-,16?;/m0./s1. The van der Waals surface area contributed by atoms with Crippen LogP contribution in [0.5, 0.6) is 0 Å². The van der Waals surface area contributed by atoms with Gasteiger partial charge < -0.3 is 10.6 Å². The summed E-state index contributed by atoms with van der Waals surface area (Å²) in [5, 5.41) is 6.63. The first-order chi connectivity index (χ1) is 9.69. The predicted octanol–water partition coefficient (Wildman–Crippen LogP) is 2.93. The van der Waals surface area contributed by atoms with Crippen LogP contribution in [0.1, 0.15) is 38.7 Å². The molecular formula is C17H27ClN2O. The molecule has 3 atom stereocenters. The smallest absolute Gasteiger partial charge is 0.223 e. The van der Waals surface area contributed by atoms with Gasteiger partial charge in [-0.1, -0.05) is 37.3 Å². The van der Waals surface area contributed by atoms with Crippen LogP contribution < -0.4 is 10.6 Å². The Bertz CT molecular complexity index is 424. The summed E-state index contributed by atoms with van der Waals surface area (Å²) in [4.78, 5) is 12.4. The molecule has 0 saturated carbocycles. The molecule has 1 fully saturated rings. The quantitative estimate of drug-likeness (QED) is 0.878. The minimum atomic E-state index is 0. The highest BCUT2D eigenvalue weighted by Gasteiger charge is 2.25. The molecule has 0 aliphatic carbocycles. The maximum Gasteiger partial charge on any atom is 0.223 e. The van der Waals surface area contributed by atoms with Gasteiger partial charge in [-0.2, -0.15) is 0 Å². The molecule has 21 heavy (non-hydrogen) atoms. The zero-order chi connectivity index (χ0) is 14.4. The summed E-state index contributed by atoms with van der Waals surface area (Å²) in [7, 11) is 0. The minimum Gasteiger partial charge on any atom is -0.353 e. The van der Waals surface area contributed by atoms with E-state index in [1.165, 1.54) is 5.56 Å². The Morgan fingerprint density at radius 1 is 1.38 bits per heavy atom. The fraction of sp³-hybridized carbons (Fsp3) is 0.588. The molecule has 1 aromatic carbocycles. The molecule has 1 aliphatic heterocycles. The van der Waals surface area contributed by atoms with Gasteiger partial charge in [-0.15, -0.1) is 12.4 Å². The van der Waals surface area contributed by atoms with Crippen molar-refractivity contribution in [3.63, 3.8) is 0 Å². The van der Waals surface area contributed by atoms with Gasteiger partial charge in [0.2, 0.25) is 5.91 Å². The molecule has 2 rings (SSSR count). The number of carbonyl (C=O) groups is 1. The molecule has 1 heterocycles. The Morgan fingerprint density at radius 2 is 2.10 bits per heavy atom. The van der Waals surface area contributed by atoms with Gasteiger partial charge >= 0.3 is 0 Å². The summed E-state index contributed by atoms with van der Waals surface area (Å²) in [6, 6.07) is 11.1.